The molecular formula is C15H18F3NO4. The van der Waals surface area contributed by atoms with Gasteiger partial charge >= 0.3 is 18.2 Å². The quantitative estimate of drug-likeness (QED) is 0.880. The fourth-order valence-corrected chi connectivity index (χ4v) is 1.92. The molecule has 128 valence electrons. The molecule has 1 amide bonds. The number of nitrogens with one attached hydrogen (secondary N) is 1. The Morgan fingerprint density at radius 2 is 1.78 bits per heavy atom. The van der Waals surface area contributed by atoms with Crippen LogP contribution < -0.4 is 5.32 Å². The molecule has 1 unspecified atom stereocenters. The summed E-state index contributed by atoms with van der Waals surface area (Å²) in [6.45, 7) is 4.76. The van der Waals surface area contributed by atoms with E-state index in [1.165, 1.54) is 12.1 Å². The number of halogens is 3. The van der Waals surface area contributed by atoms with Crippen LogP contribution in [0.3, 0.4) is 0 Å². The van der Waals surface area contributed by atoms with Gasteiger partial charge in [0.1, 0.15) is 5.60 Å². The van der Waals surface area contributed by atoms with Crippen molar-refractivity contribution in [1.29, 1.82) is 0 Å². The van der Waals surface area contributed by atoms with Gasteiger partial charge in [0.25, 0.3) is 0 Å². The number of carbonyl (C=O) groups is 2. The van der Waals surface area contributed by atoms with Gasteiger partial charge in [-0.25, -0.2) is 4.79 Å². The number of hydrogen-bond acceptors (Lipinski definition) is 3. The summed E-state index contributed by atoms with van der Waals surface area (Å²) >= 11 is 0. The zero-order valence-electron chi connectivity index (χ0n) is 12.9. The van der Waals surface area contributed by atoms with Gasteiger partial charge in [0, 0.05) is 0 Å². The number of carbonyl (C=O) groups excluding carboxylic acids is 1. The number of ether oxygens (including phenoxy) is 1. The van der Waals surface area contributed by atoms with E-state index in [4.69, 9.17) is 9.84 Å². The average Bonchev–Trinajstić information content (AvgIpc) is 2.34. The molecule has 2 N–H and O–H groups in total. The van der Waals surface area contributed by atoms with E-state index in [2.05, 4.69) is 5.32 Å². The Labute approximate surface area is 131 Å². The number of carboxylic acid groups (broad SMARTS) is 1. The minimum Gasteiger partial charge on any atom is -0.481 e. The largest absolute Gasteiger partial charge is 0.481 e. The molecule has 1 aromatic carbocycles. The smallest absolute Gasteiger partial charge is 0.416 e. The maximum absolute atomic E-state index is 13.1. The lowest BCUT2D eigenvalue weighted by Crippen LogP contribution is -2.36. The lowest BCUT2D eigenvalue weighted by Gasteiger charge is -2.25. The monoisotopic (exact) mass is 333 g/mol. The van der Waals surface area contributed by atoms with Crippen LogP contribution in [0.15, 0.2) is 24.3 Å². The molecule has 0 heterocycles. The molecule has 0 saturated heterocycles. The fourth-order valence-electron chi connectivity index (χ4n) is 1.92. The van der Waals surface area contributed by atoms with Crippen LogP contribution in [-0.4, -0.2) is 22.8 Å². The molecule has 1 rings (SSSR count). The van der Waals surface area contributed by atoms with Gasteiger partial charge in [-0.1, -0.05) is 18.2 Å². The summed E-state index contributed by atoms with van der Waals surface area (Å²) in [5.74, 6) is -1.34. The van der Waals surface area contributed by atoms with Crippen LogP contribution in [0.25, 0.3) is 0 Å². The maximum Gasteiger partial charge on any atom is 0.416 e. The van der Waals surface area contributed by atoms with Gasteiger partial charge < -0.3 is 15.2 Å². The molecule has 1 atom stereocenters. The third-order valence-electron chi connectivity index (χ3n) is 2.71. The topological polar surface area (TPSA) is 75.6 Å². The number of alkyl halides is 3. The van der Waals surface area contributed by atoms with Crippen molar-refractivity contribution in [3.8, 4) is 0 Å². The van der Waals surface area contributed by atoms with Crippen molar-refractivity contribution in [3.05, 3.63) is 35.4 Å². The number of alkyl carbamates (subject to hydrolysis) is 1. The van der Waals surface area contributed by atoms with Gasteiger partial charge in [0.15, 0.2) is 0 Å². The highest BCUT2D eigenvalue weighted by atomic mass is 19.4. The normalized spacial score (nSPS) is 13.3. The van der Waals surface area contributed by atoms with E-state index < -0.39 is 41.9 Å². The third kappa shape index (κ3) is 6.17. The lowest BCUT2D eigenvalue weighted by molar-refractivity contribution is -0.140. The number of rotatable bonds is 4. The Bertz CT molecular complexity index is 579. The fraction of sp³-hybridized carbons (Fsp3) is 0.467. The van der Waals surface area contributed by atoms with Crippen LogP contribution in [0.1, 0.15) is 44.4 Å². The Morgan fingerprint density at radius 1 is 1.22 bits per heavy atom. The van der Waals surface area contributed by atoms with Crippen LogP contribution in [0.2, 0.25) is 0 Å². The molecular weight excluding hydrogens is 315 g/mol. The van der Waals surface area contributed by atoms with Gasteiger partial charge in [-0.3, -0.25) is 4.79 Å². The zero-order chi connectivity index (χ0) is 17.8. The first-order valence-electron chi connectivity index (χ1n) is 6.77. The Hall–Kier alpha value is -2.25. The molecule has 0 spiro atoms. The average molecular weight is 333 g/mol. The highest BCUT2D eigenvalue weighted by molar-refractivity contribution is 5.72. The minimum absolute atomic E-state index is 0.326. The molecule has 0 aromatic heterocycles. The van der Waals surface area contributed by atoms with Gasteiger partial charge in [-0.05, 0) is 32.4 Å². The van der Waals surface area contributed by atoms with Crippen LogP contribution in [0.4, 0.5) is 18.0 Å². The summed E-state index contributed by atoms with van der Waals surface area (Å²) in [5.41, 5.74) is -2.18. The van der Waals surface area contributed by atoms with Crippen molar-refractivity contribution in [1.82, 2.24) is 5.32 Å². The minimum atomic E-state index is -4.66. The highest BCUT2D eigenvalue weighted by Crippen LogP contribution is 2.35. The number of carboxylic acids is 1. The molecule has 0 aliphatic rings. The Balaban J connectivity index is 3.13. The second-order valence-corrected chi connectivity index (χ2v) is 5.88. The van der Waals surface area contributed by atoms with Crippen LogP contribution in [-0.2, 0) is 15.7 Å². The second kappa shape index (κ2) is 6.89. The first kappa shape index (κ1) is 18.8. The van der Waals surface area contributed by atoms with Crippen molar-refractivity contribution in [2.45, 2.75) is 45.0 Å². The van der Waals surface area contributed by atoms with Crippen molar-refractivity contribution in [2.24, 2.45) is 0 Å². The van der Waals surface area contributed by atoms with Crippen molar-refractivity contribution in [2.75, 3.05) is 0 Å². The van der Waals surface area contributed by atoms with E-state index in [9.17, 15) is 22.8 Å². The number of benzene rings is 1. The summed E-state index contributed by atoms with van der Waals surface area (Å²) < 4.78 is 44.2. The van der Waals surface area contributed by atoms with E-state index in [-0.39, 0.29) is 5.56 Å². The summed E-state index contributed by atoms with van der Waals surface area (Å²) in [7, 11) is 0. The SMILES string of the molecule is CC(C)(C)OC(=O)NC(CC(=O)O)c1ccccc1C(F)(F)F. The molecule has 0 aliphatic carbocycles. The summed E-state index contributed by atoms with van der Waals surface area (Å²) in [6, 6.07) is 3.14. The number of aliphatic carboxylic acids is 1. The predicted octanol–water partition coefficient (Wildman–Crippen LogP) is 3.75. The molecule has 23 heavy (non-hydrogen) atoms. The van der Waals surface area contributed by atoms with Crippen LogP contribution in [0.5, 0.6) is 0 Å². The van der Waals surface area contributed by atoms with Crippen LogP contribution in [0, 0.1) is 0 Å². The van der Waals surface area contributed by atoms with Crippen LogP contribution >= 0.6 is 0 Å². The highest BCUT2D eigenvalue weighted by Gasteiger charge is 2.36. The zero-order valence-corrected chi connectivity index (χ0v) is 12.9. The van der Waals surface area contributed by atoms with E-state index in [1.54, 1.807) is 20.8 Å². The van der Waals surface area contributed by atoms with Crippen molar-refractivity contribution in [3.63, 3.8) is 0 Å². The maximum atomic E-state index is 13.1. The molecule has 8 heteroatoms. The van der Waals surface area contributed by atoms with Gasteiger partial charge in [-0.2, -0.15) is 13.2 Å². The standard InChI is InChI=1S/C15H18F3NO4/c1-14(2,3)23-13(22)19-11(8-12(20)21)9-6-4-5-7-10(9)15(16,17)18/h4-7,11H,8H2,1-3H3,(H,19,22)(H,20,21). The van der Waals surface area contributed by atoms with Gasteiger partial charge in [0.05, 0.1) is 18.0 Å². The Morgan fingerprint density at radius 3 is 2.26 bits per heavy atom. The van der Waals surface area contributed by atoms with E-state index in [0.29, 0.717) is 0 Å². The van der Waals surface area contributed by atoms with Gasteiger partial charge in [0.2, 0.25) is 0 Å². The molecule has 0 fully saturated rings. The van der Waals surface area contributed by atoms with Crippen molar-refractivity contribution < 1.29 is 32.6 Å². The molecule has 0 saturated carbocycles. The lowest BCUT2D eigenvalue weighted by atomic mass is 9.97. The van der Waals surface area contributed by atoms with E-state index >= 15 is 0 Å². The van der Waals surface area contributed by atoms with Gasteiger partial charge in [-0.15, -0.1) is 0 Å². The Kier molecular flexibility index (Phi) is 5.63. The summed E-state index contributed by atoms with van der Waals surface area (Å²) in [6.07, 6.45) is -6.35. The van der Waals surface area contributed by atoms with Crippen molar-refractivity contribution >= 4 is 12.1 Å². The first-order valence-corrected chi connectivity index (χ1v) is 6.77. The molecule has 1 aromatic rings. The summed E-state index contributed by atoms with van der Waals surface area (Å²) in [4.78, 5) is 22.7. The van der Waals surface area contributed by atoms with E-state index in [1.807, 2.05) is 0 Å². The summed E-state index contributed by atoms with van der Waals surface area (Å²) in [5, 5.41) is 11.1. The molecule has 5 nitrogen and oxygen atoms in total. The molecule has 0 radical (unpaired) electrons. The second-order valence-electron chi connectivity index (χ2n) is 5.88. The predicted molar refractivity (Wildman–Crippen MR) is 75.8 cm³/mol. The molecule has 0 aliphatic heterocycles. The molecule has 0 bridgehead atoms. The third-order valence-corrected chi connectivity index (χ3v) is 2.71. The number of hydrogen-bond donors (Lipinski definition) is 2. The first-order chi connectivity index (χ1) is 10.4. The number of amides is 1. The van der Waals surface area contributed by atoms with E-state index in [0.717, 1.165) is 12.1 Å².